The fourth-order valence-corrected chi connectivity index (χ4v) is 5.00. The Bertz CT molecular complexity index is 705. The lowest BCUT2D eigenvalue weighted by molar-refractivity contribution is -0.125. The van der Waals surface area contributed by atoms with E-state index in [4.69, 9.17) is 0 Å². The topological polar surface area (TPSA) is 79.4 Å². The number of nitrogens with zero attached hydrogens (tertiary/aromatic N) is 2. The maximum absolute atomic E-state index is 12.4. The number of rotatable bonds is 4. The number of aromatic nitrogens is 1. The number of pyridine rings is 1. The van der Waals surface area contributed by atoms with Crippen molar-refractivity contribution in [3.05, 3.63) is 42.7 Å². The van der Waals surface area contributed by atoms with E-state index in [-0.39, 0.29) is 17.6 Å². The minimum atomic E-state index is -3.40. The second-order valence-corrected chi connectivity index (χ2v) is 8.27. The molecular formula is C16H21N3O3S. The van der Waals surface area contributed by atoms with Crippen molar-refractivity contribution in [3.63, 3.8) is 0 Å². The number of piperidine rings is 1. The molecule has 0 radical (unpaired) electrons. The largest absolute Gasteiger partial charge is 0.349 e. The van der Waals surface area contributed by atoms with Crippen LogP contribution < -0.4 is 5.32 Å². The molecule has 1 aromatic heterocycles. The molecule has 2 saturated heterocycles. The van der Waals surface area contributed by atoms with Crippen LogP contribution in [0.2, 0.25) is 0 Å². The van der Waals surface area contributed by atoms with Gasteiger partial charge in [0.05, 0.1) is 11.3 Å². The van der Waals surface area contributed by atoms with E-state index in [2.05, 4.69) is 16.9 Å². The van der Waals surface area contributed by atoms with Crippen molar-refractivity contribution in [3.8, 4) is 0 Å². The first-order valence-corrected chi connectivity index (χ1v) is 9.37. The summed E-state index contributed by atoms with van der Waals surface area (Å²) in [6.45, 7) is 4.20. The van der Waals surface area contributed by atoms with Crippen LogP contribution in [0.15, 0.2) is 37.2 Å². The first-order chi connectivity index (χ1) is 11.0. The minimum Gasteiger partial charge on any atom is -0.349 e. The molecular weight excluding hydrogens is 314 g/mol. The Morgan fingerprint density at radius 1 is 1.52 bits per heavy atom. The molecule has 0 unspecified atom stereocenters. The van der Waals surface area contributed by atoms with Crippen LogP contribution in [0.4, 0.5) is 0 Å². The van der Waals surface area contributed by atoms with E-state index in [1.54, 1.807) is 12.4 Å². The molecule has 0 aromatic carbocycles. The summed E-state index contributed by atoms with van der Waals surface area (Å²) < 4.78 is 26.4. The normalized spacial score (nSPS) is 28.7. The maximum atomic E-state index is 12.4. The van der Waals surface area contributed by atoms with Gasteiger partial charge in [-0.1, -0.05) is 12.1 Å². The van der Waals surface area contributed by atoms with Crippen LogP contribution in [-0.2, 0) is 14.8 Å². The van der Waals surface area contributed by atoms with E-state index in [1.807, 2.05) is 12.1 Å². The Balaban J connectivity index is 1.97. The predicted molar refractivity (Wildman–Crippen MR) is 87.3 cm³/mol. The lowest BCUT2D eigenvalue weighted by atomic mass is 9.77. The van der Waals surface area contributed by atoms with E-state index in [9.17, 15) is 13.2 Å². The third-order valence-electron chi connectivity index (χ3n) is 4.74. The van der Waals surface area contributed by atoms with Crippen LogP contribution in [0.3, 0.4) is 0 Å². The van der Waals surface area contributed by atoms with Gasteiger partial charge in [0.1, 0.15) is 0 Å². The summed E-state index contributed by atoms with van der Waals surface area (Å²) in [6.07, 6.45) is 6.91. The number of hydrogen-bond acceptors (Lipinski definition) is 4. The highest BCUT2D eigenvalue weighted by molar-refractivity contribution is 7.89. The third-order valence-corrected chi connectivity index (χ3v) is 6.46. The van der Waals surface area contributed by atoms with Crippen LogP contribution in [0.25, 0.3) is 0 Å². The van der Waals surface area contributed by atoms with Gasteiger partial charge in [0.15, 0.2) is 0 Å². The lowest BCUT2D eigenvalue weighted by Crippen LogP contribution is -2.56. The Labute approximate surface area is 136 Å². The molecule has 1 N–H and O–H groups in total. The van der Waals surface area contributed by atoms with Crippen molar-refractivity contribution in [2.45, 2.75) is 30.7 Å². The van der Waals surface area contributed by atoms with E-state index in [1.165, 1.54) is 10.4 Å². The molecule has 2 fully saturated rings. The average molecular weight is 335 g/mol. The summed E-state index contributed by atoms with van der Waals surface area (Å²) in [5.41, 5.74) is 0.429. The highest BCUT2D eigenvalue weighted by Crippen LogP contribution is 2.42. The molecule has 3 heterocycles. The van der Waals surface area contributed by atoms with Gasteiger partial charge in [0.2, 0.25) is 15.9 Å². The van der Waals surface area contributed by atoms with Gasteiger partial charge in [0, 0.05) is 37.8 Å². The lowest BCUT2D eigenvalue weighted by Gasteiger charge is -2.39. The van der Waals surface area contributed by atoms with Crippen LogP contribution >= 0.6 is 0 Å². The molecule has 1 spiro atoms. The summed E-state index contributed by atoms with van der Waals surface area (Å²) in [5, 5.41) is 3.09. The molecule has 7 heteroatoms. The van der Waals surface area contributed by atoms with Crippen molar-refractivity contribution >= 4 is 15.9 Å². The SMILES string of the molecule is C=CCS(=O)(=O)N1C[C@@H](c2cccnc2)[C@@]2(CCCC(=O)N2)C1. The summed E-state index contributed by atoms with van der Waals surface area (Å²) in [4.78, 5) is 16.1. The van der Waals surface area contributed by atoms with Crippen molar-refractivity contribution in [1.82, 2.24) is 14.6 Å². The van der Waals surface area contributed by atoms with Crippen LogP contribution in [-0.4, -0.2) is 48.0 Å². The molecule has 1 amide bonds. The first kappa shape index (κ1) is 16.1. The molecule has 0 saturated carbocycles. The summed E-state index contributed by atoms with van der Waals surface area (Å²) in [6, 6.07) is 3.79. The first-order valence-electron chi connectivity index (χ1n) is 7.76. The smallest absolute Gasteiger partial charge is 0.220 e. The fraction of sp³-hybridized carbons (Fsp3) is 0.500. The van der Waals surface area contributed by atoms with Gasteiger partial charge < -0.3 is 5.32 Å². The zero-order valence-corrected chi connectivity index (χ0v) is 13.8. The van der Waals surface area contributed by atoms with Gasteiger partial charge in [-0.2, -0.15) is 4.31 Å². The Hall–Kier alpha value is -1.73. The zero-order valence-electron chi connectivity index (χ0n) is 12.9. The van der Waals surface area contributed by atoms with E-state index in [0.29, 0.717) is 19.5 Å². The fourth-order valence-electron chi connectivity index (χ4n) is 3.69. The molecule has 23 heavy (non-hydrogen) atoms. The molecule has 124 valence electrons. The number of nitrogens with one attached hydrogen (secondary N) is 1. The number of sulfonamides is 1. The Morgan fingerprint density at radius 2 is 2.35 bits per heavy atom. The summed E-state index contributed by atoms with van der Waals surface area (Å²) in [7, 11) is -3.40. The quantitative estimate of drug-likeness (QED) is 0.834. The van der Waals surface area contributed by atoms with Gasteiger partial charge in [-0.05, 0) is 24.5 Å². The van der Waals surface area contributed by atoms with E-state index in [0.717, 1.165) is 18.4 Å². The van der Waals surface area contributed by atoms with E-state index < -0.39 is 15.6 Å². The molecule has 6 nitrogen and oxygen atoms in total. The molecule has 2 atom stereocenters. The van der Waals surface area contributed by atoms with Gasteiger partial charge >= 0.3 is 0 Å². The minimum absolute atomic E-state index is 0.00638. The molecule has 0 aliphatic carbocycles. The summed E-state index contributed by atoms with van der Waals surface area (Å²) >= 11 is 0. The molecule has 3 rings (SSSR count). The van der Waals surface area contributed by atoms with Crippen molar-refractivity contribution in [2.75, 3.05) is 18.8 Å². The molecule has 2 aliphatic heterocycles. The van der Waals surface area contributed by atoms with Crippen molar-refractivity contribution in [1.29, 1.82) is 0 Å². The Morgan fingerprint density at radius 3 is 3.00 bits per heavy atom. The second-order valence-electron chi connectivity index (χ2n) is 6.26. The third kappa shape index (κ3) is 3.03. The van der Waals surface area contributed by atoms with Crippen LogP contribution in [0.1, 0.15) is 30.7 Å². The van der Waals surface area contributed by atoms with Gasteiger partial charge in [-0.25, -0.2) is 8.42 Å². The monoisotopic (exact) mass is 335 g/mol. The van der Waals surface area contributed by atoms with Crippen molar-refractivity contribution < 1.29 is 13.2 Å². The van der Waals surface area contributed by atoms with E-state index >= 15 is 0 Å². The number of carbonyl (C=O) groups excluding carboxylic acids is 1. The van der Waals surface area contributed by atoms with Crippen LogP contribution in [0, 0.1) is 0 Å². The summed E-state index contributed by atoms with van der Waals surface area (Å²) in [5.74, 6) is -0.176. The second kappa shape index (κ2) is 6.05. The van der Waals surface area contributed by atoms with Gasteiger partial charge in [-0.3, -0.25) is 9.78 Å². The predicted octanol–water partition coefficient (Wildman–Crippen LogP) is 1.04. The average Bonchev–Trinajstić information content (AvgIpc) is 2.87. The highest BCUT2D eigenvalue weighted by Gasteiger charge is 2.52. The van der Waals surface area contributed by atoms with Crippen molar-refractivity contribution in [2.24, 2.45) is 0 Å². The number of carbonyl (C=O) groups is 1. The number of hydrogen-bond donors (Lipinski definition) is 1. The number of amides is 1. The maximum Gasteiger partial charge on any atom is 0.220 e. The zero-order chi connectivity index (χ0) is 16.5. The molecule has 1 aromatic rings. The highest BCUT2D eigenvalue weighted by atomic mass is 32.2. The van der Waals surface area contributed by atoms with Gasteiger partial charge in [0.25, 0.3) is 0 Å². The Kier molecular flexibility index (Phi) is 4.25. The van der Waals surface area contributed by atoms with Gasteiger partial charge in [-0.15, -0.1) is 6.58 Å². The van der Waals surface area contributed by atoms with Crippen LogP contribution in [0.5, 0.6) is 0 Å². The molecule has 0 bridgehead atoms. The standard InChI is InChI=1S/C16H21N3O3S/c1-2-9-23(21,22)19-11-14(13-5-4-8-17-10-13)16(12-19)7-3-6-15(20)18-16/h2,4-5,8,10,14H,1,3,6-7,9,11-12H2,(H,18,20)/t14-,16+/m0/s1. The molecule has 2 aliphatic rings.